The van der Waals surface area contributed by atoms with Crippen molar-refractivity contribution in [1.29, 1.82) is 0 Å². The van der Waals surface area contributed by atoms with E-state index in [9.17, 15) is 0 Å². The van der Waals surface area contributed by atoms with E-state index < -0.39 is 0 Å². The van der Waals surface area contributed by atoms with Crippen molar-refractivity contribution in [3.05, 3.63) is 59.9 Å². The number of nitrogens with zero attached hydrogens (tertiary/aromatic N) is 1. The van der Waals surface area contributed by atoms with E-state index in [4.69, 9.17) is 4.74 Å². The van der Waals surface area contributed by atoms with Gasteiger partial charge < -0.3 is 10.1 Å². The van der Waals surface area contributed by atoms with Crippen molar-refractivity contribution >= 4 is 0 Å². The monoisotopic (exact) mass is 242 g/mol. The Morgan fingerprint density at radius 3 is 2.72 bits per heavy atom. The summed E-state index contributed by atoms with van der Waals surface area (Å²) in [5, 5.41) is 3.48. The highest BCUT2D eigenvalue weighted by molar-refractivity contribution is 5.28. The van der Waals surface area contributed by atoms with Crippen molar-refractivity contribution < 1.29 is 4.74 Å². The summed E-state index contributed by atoms with van der Waals surface area (Å²) in [6.07, 6.45) is 3.64. The van der Waals surface area contributed by atoms with Crippen LogP contribution >= 0.6 is 0 Å². The molecule has 1 unspecified atom stereocenters. The molecule has 1 aromatic heterocycles. The Balaban J connectivity index is 1.95. The molecule has 3 heteroatoms. The van der Waals surface area contributed by atoms with Crippen LogP contribution in [0.2, 0.25) is 0 Å². The van der Waals surface area contributed by atoms with Crippen molar-refractivity contribution in [1.82, 2.24) is 10.3 Å². The van der Waals surface area contributed by atoms with E-state index in [-0.39, 0.29) is 0 Å². The fourth-order valence-corrected chi connectivity index (χ4v) is 1.82. The number of ether oxygens (including phenoxy) is 1. The van der Waals surface area contributed by atoms with Crippen LogP contribution < -0.4 is 10.1 Å². The van der Waals surface area contributed by atoms with Crippen molar-refractivity contribution in [3.8, 4) is 5.75 Å². The van der Waals surface area contributed by atoms with Crippen LogP contribution in [0.15, 0.2) is 48.8 Å². The summed E-state index contributed by atoms with van der Waals surface area (Å²) in [4.78, 5) is 4.02. The van der Waals surface area contributed by atoms with Gasteiger partial charge in [0.25, 0.3) is 0 Å². The molecule has 1 atom stereocenters. The van der Waals surface area contributed by atoms with Gasteiger partial charge in [0.15, 0.2) is 0 Å². The molecular formula is C15H18N2O. The minimum absolute atomic E-state index is 0.305. The number of hydrogen-bond donors (Lipinski definition) is 1. The van der Waals surface area contributed by atoms with E-state index in [1.165, 1.54) is 11.1 Å². The summed E-state index contributed by atoms with van der Waals surface area (Å²) in [5.74, 6) is 0.894. The zero-order chi connectivity index (χ0) is 12.8. The van der Waals surface area contributed by atoms with Crippen molar-refractivity contribution in [3.63, 3.8) is 0 Å². The van der Waals surface area contributed by atoms with Gasteiger partial charge in [0.1, 0.15) is 5.75 Å². The molecule has 0 bridgehead atoms. The first kappa shape index (κ1) is 12.6. The Kier molecular flexibility index (Phi) is 4.31. The number of pyridine rings is 1. The van der Waals surface area contributed by atoms with Gasteiger partial charge in [-0.3, -0.25) is 4.98 Å². The molecule has 0 aliphatic carbocycles. The summed E-state index contributed by atoms with van der Waals surface area (Å²) in [6, 6.07) is 12.5. The highest BCUT2D eigenvalue weighted by Gasteiger charge is 2.04. The summed E-state index contributed by atoms with van der Waals surface area (Å²) in [5.41, 5.74) is 2.46. The summed E-state index contributed by atoms with van der Waals surface area (Å²) in [6.45, 7) is 2.97. The largest absolute Gasteiger partial charge is 0.497 e. The van der Waals surface area contributed by atoms with E-state index in [0.29, 0.717) is 6.04 Å². The lowest BCUT2D eigenvalue weighted by Gasteiger charge is -2.14. The van der Waals surface area contributed by atoms with Crippen LogP contribution in [0, 0.1) is 0 Å². The van der Waals surface area contributed by atoms with Crippen molar-refractivity contribution in [2.24, 2.45) is 0 Å². The van der Waals surface area contributed by atoms with Gasteiger partial charge in [-0.05, 0) is 42.3 Å². The number of rotatable bonds is 5. The molecule has 2 rings (SSSR count). The summed E-state index contributed by atoms with van der Waals surface area (Å²) in [7, 11) is 1.69. The maximum Gasteiger partial charge on any atom is 0.119 e. The first-order chi connectivity index (χ1) is 8.79. The minimum atomic E-state index is 0.305. The van der Waals surface area contributed by atoms with E-state index >= 15 is 0 Å². The van der Waals surface area contributed by atoms with Crippen LogP contribution in [-0.4, -0.2) is 12.1 Å². The van der Waals surface area contributed by atoms with Gasteiger partial charge >= 0.3 is 0 Å². The molecule has 1 aromatic carbocycles. The van der Waals surface area contributed by atoms with Gasteiger partial charge in [-0.25, -0.2) is 0 Å². The number of nitrogens with one attached hydrogen (secondary N) is 1. The molecule has 1 heterocycles. The minimum Gasteiger partial charge on any atom is -0.497 e. The van der Waals surface area contributed by atoms with Crippen LogP contribution in [0.3, 0.4) is 0 Å². The molecular weight excluding hydrogens is 224 g/mol. The molecule has 0 aliphatic heterocycles. The zero-order valence-electron chi connectivity index (χ0n) is 10.8. The van der Waals surface area contributed by atoms with Gasteiger partial charge in [-0.2, -0.15) is 0 Å². The highest BCUT2D eigenvalue weighted by atomic mass is 16.5. The Labute approximate surface area is 108 Å². The number of aromatic nitrogens is 1. The SMILES string of the molecule is COc1cccc(CNC(C)c2ccncc2)c1. The lowest BCUT2D eigenvalue weighted by atomic mass is 10.1. The topological polar surface area (TPSA) is 34.1 Å². The van der Waals surface area contributed by atoms with Gasteiger partial charge in [0, 0.05) is 25.0 Å². The molecule has 0 aliphatic rings. The van der Waals surface area contributed by atoms with Crippen molar-refractivity contribution in [2.75, 3.05) is 7.11 Å². The van der Waals surface area contributed by atoms with E-state index in [1.807, 2.05) is 42.7 Å². The molecule has 94 valence electrons. The smallest absolute Gasteiger partial charge is 0.119 e. The van der Waals surface area contributed by atoms with E-state index in [0.717, 1.165) is 12.3 Å². The third-order valence-corrected chi connectivity index (χ3v) is 2.95. The lowest BCUT2D eigenvalue weighted by Crippen LogP contribution is -2.18. The molecule has 2 aromatic rings. The Bertz CT molecular complexity index is 485. The fourth-order valence-electron chi connectivity index (χ4n) is 1.82. The van der Waals surface area contributed by atoms with Gasteiger partial charge in [-0.1, -0.05) is 12.1 Å². The molecule has 0 saturated heterocycles. The average molecular weight is 242 g/mol. The van der Waals surface area contributed by atoms with Gasteiger partial charge in [-0.15, -0.1) is 0 Å². The number of methoxy groups -OCH3 is 1. The standard InChI is InChI=1S/C15H18N2O/c1-12(14-6-8-16-9-7-14)17-11-13-4-3-5-15(10-13)18-2/h3-10,12,17H,11H2,1-2H3. The van der Waals surface area contributed by atoms with Crippen LogP contribution in [-0.2, 0) is 6.54 Å². The molecule has 18 heavy (non-hydrogen) atoms. The molecule has 3 nitrogen and oxygen atoms in total. The third-order valence-electron chi connectivity index (χ3n) is 2.95. The first-order valence-electron chi connectivity index (χ1n) is 6.06. The quantitative estimate of drug-likeness (QED) is 0.875. The van der Waals surface area contributed by atoms with Crippen LogP contribution in [0.4, 0.5) is 0 Å². The molecule has 0 radical (unpaired) electrons. The second-order valence-electron chi connectivity index (χ2n) is 4.23. The maximum absolute atomic E-state index is 5.21. The predicted octanol–water partition coefficient (Wildman–Crippen LogP) is 2.94. The molecule has 0 fully saturated rings. The Hall–Kier alpha value is -1.87. The predicted molar refractivity (Wildman–Crippen MR) is 72.5 cm³/mol. The summed E-state index contributed by atoms with van der Waals surface area (Å²) < 4.78 is 5.21. The van der Waals surface area contributed by atoms with Crippen molar-refractivity contribution in [2.45, 2.75) is 19.5 Å². The van der Waals surface area contributed by atoms with Gasteiger partial charge in [0.05, 0.1) is 7.11 Å². The highest BCUT2D eigenvalue weighted by Crippen LogP contribution is 2.15. The third kappa shape index (κ3) is 3.31. The zero-order valence-corrected chi connectivity index (χ0v) is 10.8. The molecule has 0 amide bonds. The van der Waals surface area contributed by atoms with E-state index in [2.05, 4.69) is 23.3 Å². The second-order valence-corrected chi connectivity index (χ2v) is 4.23. The van der Waals surface area contributed by atoms with Crippen LogP contribution in [0.1, 0.15) is 24.1 Å². The maximum atomic E-state index is 5.21. The van der Waals surface area contributed by atoms with Crippen LogP contribution in [0.5, 0.6) is 5.75 Å². The van der Waals surface area contributed by atoms with E-state index in [1.54, 1.807) is 7.11 Å². The first-order valence-corrected chi connectivity index (χ1v) is 6.06. The Morgan fingerprint density at radius 1 is 1.22 bits per heavy atom. The van der Waals surface area contributed by atoms with Gasteiger partial charge in [0.2, 0.25) is 0 Å². The lowest BCUT2D eigenvalue weighted by molar-refractivity contribution is 0.414. The average Bonchev–Trinajstić information content (AvgIpc) is 2.46. The molecule has 0 spiro atoms. The van der Waals surface area contributed by atoms with Crippen LogP contribution in [0.25, 0.3) is 0 Å². The number of benzene rings is 1. The second kappa shape index (κ2) is 6.17. The fraction of sp³-hybridized carbons (Fsp3) is 0.267. The number of hydrogen-bond acceptors (Lipinski definition) is 3. The normalized spacial score (nSPS) is 12.1. The molecule has 1 N–H and O–H groups in total. The molecule has 0 saturated carbocycles. The summed E-state index contributed by atoms with van der Waals surface area (Å²) >= 11 is 0. The Morgan fingerprint density at radius 2 is 2.00 bits per heavy atom.